The van der Waals surface area contributed by atoms with Crippen molar-refractivity contribution in [3.8, 4) is 0 Å². The molecule has 2 bridgehead atoms. The van der Waals surface area contributed by atoms with Crippen LogP contribution in [0.15, 0.2) is 30.5 Å². The number of benzene rings is 1. The topological polar surface area (TPSA) is 137 Å². The third-order valence-electron chi connectivity index (χ3n) is 6.20. The van der Waals surface area contributed by atoms with Gasteiger partial charge in [0.25, 0.3) is 5.91 Å². The molecule has 3 rings (SSSR count). The maximum Gasteiger partial charge on any atom is 0.256 e. The Labute approximate surface area is 213 Å². The second kappa shape index (κ2) is 14.2. The van der Waals surface area contributed by atoms with Crippen LogP contribution in [0.3, 0.4) is 0 Å². The molecule has 36 heavy (non-hydrogen) atoms. The molecule has 2 amide bonds. The third kappa shape index (κ3) is 8.67. The van der Waals surface area contributed by atoms with Crippen molar-refractivity contribution in [1.82, 2.24) is 20.6 Å². The fourth-order valence-corrected chi connectivity index (χ4v) is 3.93. The quantitative estimate of drug-likeness (QED) is 0.435. The second-order valence-corrected chi connectivity index (χ2v) is 9.36. The van der Waals surface area contributed by atoms with Gasteiger partial charge in [0, 0.05) is 52.2 Å². The molecule has 6 N–H and O–H groups in total. The lowest BCUT2D eigenvalue weighted by atomic mass is 10.1. The summed E-state index contributed by atoms with van der Waals surface area (Å²) in [6.07, 6.45) is 7.75. The Balaban J connectivity index is 1.64. The Morgan fingerprint density at radius 3 is 2.39 bits per heavy atom. The van der Waals surface area contributed by atoms with E-state index in [-0.39, 0.29) is 11.8 Å². The number of carbonyl (C=O) groups excluding carboxylic acids is 2. The van der Waals surface area contributed by atoms with Gasteiger partial charge in [-0.3, -0.25) is 9.59 Å². The summed E-state index contributed by atoms with van der Waals surface area (Å²) in [5.74, 6) is 0.683. The van der Waals surface area contributed by atoms with Gasteiger partial charge < -0.3 is 31.9 Å². The summed E-state index contributed by atoms with van der Waals surface area (Å²) in [4.78, 5) is 36.1. The van der Waals surface area contributed by atoms with E-state index >= 15 is 0 Å². The lowest BCUT2D eigenvalue weighted by Crippen LogP contribution is -2.40. The Morgan fingerprint density at radius 1 is 1.00 bits per heavy atom. The zero-order valence-electron chi connectivity index (χ0n) is 21.5. The van der Waals surface area contributed by atoms with Gasteiger partial charge in [0.05, 0.1) is 6.04 Å². The number of carbonyl (C=O) groups is 2. The van der Waals surface area contributed by atoms with Gasteiger partial charge in [-0.05, 0) is 49.8 Å². The monoisotopic (exact) mass is 496 g/mol. The van der Waals surface area contributed by atoms with Gasteiger partial charge in [-0.15, -0.1) is 0 Å². The Hall–Kier alpha value is -3.40. The maximum atomic E-state index is 13.0. The number of hydrogen-bond acceptors (Lipinski definition) is 8. The average Bonchev–Trinajstić information content (AvgIpc) is 2.88. The van der Waals surface area contributed by atoms with Gasteiger partial charge in [0.15, 0.2) is 0 Å². The number of aromatic nitrogens is 2. The smallest absolute Gasteiger partial charge is 0.256 e. The van der Waals surface area contributed by atoms with Gasteiger partial charge >= 0.3 is 0 Å². The summed E-state index contributed by atoms with van der Waals surface area (Å²) in [6.45, 7) is 2.42. The normalized spacial score (nSPS) is 18.0. The van der Waals surface area contributed by atoms with Crippen molar-refractivity contribution in [2.45, 2.75) is 57.5 Å². The number of anilines is 3. The molecule has 1 aliphatic rings. The predicted octanol–water partition coefficient (Wildman–Crippen LogP) is 2.48. The van der Waals surface area contributed by atoms with Crippen molar-refractivity contribution in [3.05, 3.63) is 41.6 Å². The zero-order valence-corrected chi connectivity index (χ0v) is 21.5. The van der Waals surface area contributed by atoms with Crippen molar-refractivity contribution in [2.75, 3.05) is 49.3 Å². The fraction of sp³-hybridized carbons (Fsp3) is 0.538. The highest BCUT2D eigenvalue weighted by Gasteiger charge is 2.16. The first-order valence-corrected chi connectivity index (χ1v) is 12.9. The summed E-state index contributed by atoms with van der Waals surface area (Å²) in [6, 6.07) is 7.56. The molecule has 1 aromatic heterocycles. The molecule has 196 valence electrons. The highest BCUT2D eigenvalue weighted by atomic mass is 16.2. The lowest BCUT2D eigenvalue weighted by Gasteiger charge is -2.15. The van der Waals surface area contributed by atoms with E-state index in [1.54, 1.807) is 6.20 Å². The largest absolute Gasteiger partial charge is 0.378 e. The molecule has 1 unspecified atom stereocenters. The lowest BCUT2D eigenvalue weighted by molar-refractivity contribution is -0.122. The first-order valence-electron chi connectivity index (χ1n) is 12.9. The van der Waals surface area contributed by atoms with Crippen LogP contribution in [-0.4, -0.2) is 61.6 Å². The molecule has 2 heterocycles. The molecule has 10 heteroatoms. The van der Waals surface area contributed by atoms with Crippen LogP contribution in [-0.2, 0) is 11.3 Å². The molecule has 1 atom stereocenters. The molecule has 0 fully saturated rings. The fourth-order valence-electron chi connectivity index (χ4n) is 3.93. The van der Waals surface area contributed by atoms with Crippen molar-refractivity contribution in [2.24, 2.45) is 5.73 Å². The summed E-state index contributed by atoms with van der Waals surface area (Å²) in [5, 5.41) is 12.4. The second-order valence-electron chi connectivity index (χ2n) is 9.36. The Morgan fingerprint density at radius 2 is 1.67 bits per heavy atom. The van der Waals surface area contributed by atoms with Gasteiger partial charge in [-0.2, -0.15) is 4.98 Å². The number of nitrogens with zero attached hydrogens (tertiary/aromatic N) is 3. The summed E-state index contributed by atoms with van der Waals surface area (Å²) in [7, 11) is 3.99. The van der Waals surface area contributed by atoms with E-state index in [9.17, 15) is 9.59 Å². The molecule has 0 saturated carbocycles. The van der Waals surface area contributed by atoms with Crippen molar-refractivity contribution >= 4 is 29.3 Å². The minimum Gasteiger partial charge on any atom is -0.378 e. The predicted molar refractivity (Wildman–Crippen MR) is 144 cm³/mol. The molecule has 0 radical (unpaired) electrons. The van der Waals surface area contributed by atoms with Gasteiger partial charge in [0.2, 0.25) is 11.9 Å². The summed E-state index contributed by atoms with van der Waals surface area (Å²) in [5.41, 5.74) is 8.54. The highest BCUT2D eigenvalue weighted by molar-refractivity contribution is 5.98. The number of amides is 2. The SMILES string of the molecule is CN(C)c1ccc(CNC(=O)c2cnc3nc2NCCCCC(N)C(=O)NCCCCCCN3)cc1. The number of nitrogens with two attached hydrogens (primary N) is 1. The van der Waals surface area contributed by atoms with Gasteiger partial charge in [-0.1, -0.05) is 25.0 Å². The summed E-state index contributed by atoms with van der Waals surface area (Å²) < 4.78 is 0. The molecular formula is C26H40N8O2. The zero-order chi connectivity index (χ0) is 25.8. The number of hydrogen-bond donors (Lipinski definition) is 5. The molecular weight excluding hydrogens is 456 g/mol. The number of nitrogens with one attached hydrogen (secondary N) is 4. The van der Waals surface area contributed by atoms with E-state index in [2.05, 4.69) is 31.2 Å². The van der Waals surface area contributed by atoms with Crippen LogP contribution in [0.2, 0.25) is 0 Å². The Bertz CT molecular complexity index is 980. The van der Waals surface area contributed by atoms with Crippen LogP contribution in [0.4, 0.5) is 17.5 Å². The molecule has 1 aromatic carbocycles. The van der Waals surface area contributed by atoms with E-state index in [1.165, 1.54) is 0 Å². The molecule has 0 aliphatic carbocycles. The first-order chi connectivity index (χ1) is 17.4. The van der Waals surface area contributed by atoms with Crippen LogP contribution in [0, 0.1) is 0 Å². The number of fused-ring (bicyclic) bond motifs is 2. The van der Waals surface area contributed by atoms with E-state index < -0.39 is 6.04 Å². The van der Waals surface area contributed by atoms with E-state index in [1.807, 2.05) is 43.3 Å². The van der Waals surface area contributed by atoms with Crippen LogP contribution < -0.4 is 31.9 Å². The van der Waals surface area contributed by atoms with Crippen LogP contribution in [0.25, 0.3) is 0 Å². The van der Waals surface area contributed by atoms with Gasteiger partial charge in [0.1, 0.15) is 11.4 Å². The first kappa shape index (κ1) is 27.2. The Kier molecular flexibility index (Phi) is 10.7. The molecule has 1 aliphatic heterocycles. The van der Waals surface area contributed by atoms with Crippen LogP contribution >= 0.6 is 0 Å². The van der Waals surface area contributed by atoms with Crippen molar-refractivity contribution < 1.29 is 9.59 Å². The minimum absolute atomic E-state index is 0.0819. The maximum absolute atomic E-state index is 13.0. The van der Waals surface area contributed by atoms with Gasteiger partial charge in [-0.25, -0.2) is 4.98 Å². The average molecular weight is 497 g/mol. The summed E-state index contributed by atoms with van der Waals surface area (Å²) >= 11 is 0. The van der Waals surface area contributed by atoms with Crippen LogP contribution in [0.1, 0.15) is 60.9 Å². The van der Waals surface area contributed by atoms with E-state index in [0.29, 0.717) is 43.4 Å². The third-order valence-corrected chi connectivity index (χ3v) is 6.20. The molecule has 10 nitrogen and oxygen atoms in total. The molecule has 2 aromatic rings. The number of rotatable bonds is 4. The van der Waals surface area contributed by atoms with E-state index in [4.69, 9.17) is 5.73 Å². The highest BCUT2D eigenvalue weighted by Crippen LogP contribution is 2.16. The van der Waals surface area contributed by atoms with Crippen LogP contribution in [0.5, 0.6) is 0 Å². The van der Waals surface area contributed by atoms with Crippen molar-refractivity contribution in [3.63, 3.8) is 0 Å². The van der Waals surface area contributed by atoms with E-state index in [0.717, 1.165) is 56.3 Å². The molecule has 0 saturated heterocycles. The standard InChI is InChI=1S/C26H40N8O2/c1-34(2)20-12-10-19(11-13-20)17-31-24(35)21-18-32-26-30-16-7-4-3-6-15-29-25(36)22(27)9-5-8-14-28-23(21)33-26/h10-13,18,22H,3-9,14-17,27H2,1-2H3,(H,29,36)(H,31,35)(H2,28,30,32,33). The molecule has 0 spiro atoms. The van der Waals surface area contributed by atoms with Crippen molar-refractivity contribution in [1.29, 1.82) is 0 Å². The minimum atomic E-state index is -0.494.